The van der Waals surface area contributed by atoms with E-state index in [1.165, 1.54) is 20.0 Å². The predicted octanol–water partition coefficient (Wildman–Crippen LogP) is 5.53. The number of para-hydroxylation sites is 1. The molecule has 3 aromatic carbocycles. The summed E-state index contributed by atoms with van der Waals surface area (Å²) in [4.78, 5) is 40.5. The van der Waals surface area contributed by atoms with Gasteiger partial charge in [0.2, 0.25) is 5.91 Å². The first-order valence-corrected chi connectivity index (χ1v) is 14.6. The number of nitrogens with one attached hydrogen (secondary N) is 1. The van der Waals surface area contributed by atoms with Crippen molar-refractivity contribution in [3.63, 3.8) is 0 Å². The lowest BCUT2D eigenvalue weighted by molar-refractivity contribution is -0.141. The van der Waals surface area contributed by atoms with Gasteiger partial charge in [-0.25, -0.2) is 4.79 Å². The van der Waals surface area contributed by atoms with Gasteiger partial charge in [0.25, 0.3) is 0 Å². The van der Waals surface area contributed by atoms with Gasteiger partial charge in [-0.2, -0.15) is 0 Å². The number of nitrogens with zero attached hydrogens (tertiary/aromatic N) is 1. The van der Waals surface area contributed by atoms with Gasteiger partial charge in [0.05, 0.1) is 13.7 Å². The molecular formula is C34H38N2O5. The minimum absolute atomic E-state index is 0.119. The van der Waals surface area contributed by atoms with Crippen molar-refractivity contribution in [1.82, 2.24) is 4.90 Å². The zero-order valence-electron chi connectivity index (χ0n) is 23.6. The molecule has 0 bridgehead atoms. The van der Waals surface area contributed by atoms with Crippen LogP contribution in [0.1, 0.15) is 53.6 Å². The Hall–Kier alpha value is -4.13. The van der Waals surface area contributed by atoms with Gasteiger partial charge < -0.3 is 19.7 Å². The van der Waals surface area contributed by atoms with Crippen LogP contribution >= 0.6 is 0 Å². The number of methoxy groups -OCH3 is 1. The van der Waals surface area contributed by atoms with Crippen LogP contribution in [0.5, 0.6) is 5.75 Å². The third-order valence-corrected chi connectivity index (χ3v) is 7.64. The van der Waals surface area contributed by atoms with Gasteiger partial charge >= 0.3 is 5.97 Å². The van der Waals surface area contributed by atoms with Crippen LogP contribution in [0.25, 0.3) is 0 Å². The van der Waals surface area contributed by atoms with Gasteiger partial charge in [-0.15, -0.1) is 0 Å². The molecule has 7 heteroatoms. The summed E-state index contributed by atoms with van der Waals surface area (Å²) in [7, 11) is 1.36. The topological polar surface area (TPSA) is 84.9 Å². The van der Waals surface area contributed by atoms with Crippen molar-refractivity contribution >= 4 is 23.3 Å². The second-order valence-electron chi connectivity index (χ2n) is 11.0. The average Bonchev–Trinajstić information content (AvgIpc) is 3.94. The number of benzene rings is 3. The molecule has 0 aromatic heterocycles. The molecule has 1 amide bonds. The molecule has 5 rings (SSSR count). The van der Waals surface area contributed by atoms with Crippen LogP contribution in [0.3, 0.4) is 0 Å². The highest BCUT2D eigenvalue weighted by molar-refractivity contribution is 6.12. The summed E-state index contributed by atoms with van der Waals surface area (Å²) in [5.74, 6) is 1.48. The number of amides is 1. The predicted molar refractivity (Wildman–Crippen MR) is 158 cm³/mol. The van der Waals surface area contributed by atoms with E-state index in [4.69, 9.17) is 9.47 Å². The molecule has 214 valence electrons. The van der Waals surface area contributed by atoms with E-state index >= 15 is 0 Å². The van der Waals surface area contributed by atoms with Gasteiger partial charge in [0.15, 0.2) is 5.78 Å². The summed E-state index contributed by atoms with van der Waals surface area (Å²) < 4.78 is 11.0. The second kappa shape index (κ2) is 13.5. The number of anilines is 1. The molecule has 2 saturated carbocycles. The molecule has 0 saturated heterocycles. The van der Waals surface area contributed by atoms with Gasteiger partial charge in [0.1, 0.15) is 11.8 Å². The summed E-state index contributed by atoms with van der Waals surface area (Å²) in [6.07, 6.45) is 5.72. The van der Waals surface area contributed by atoms with E-state index in [0.717, 1.165) is 43.7 Å². The molecule has 3 aromatic rings. The summed E-state index contributed by atoms with van der Waals surface area (Å²) in [5.41, 5.74) is 2.58. The fourth-order valence-electron chi connectivity index (χ4n) is 4.97. The molecule has 0 aliphatic heterocycles. The Kier molecular flexibility index (Phi) is 9.34. The first-order chi connectivity index (χ1) is 20.0. The van der Waals surface area contributed by atoms with Crippen molar-refractivity contribution in [2.45, 2.75) is 44.6 Å². The van der Waals surface area contributed by atoms with Gasteiger partial charge in [-0.05, 0) is 67.9 Å². The number of ether oxygens (including phenoxy) is 2. The van der Waals surface area contributed by atoms with Gasteiger partial charge in [-0.1, -0.05) is 54.6 Å². The highest BCUT2D eigenvalue weighted by atomic mass is 16.5. The van der Waals surface area contributed by atoms with Gasteiger partial charge in [-0.3, -0.25) is 9.59 Å². The maximum absolute atomic E-state index is 13.2. The van der Waals surface area contributed by atoms with Gasteiger partial charge in [0, 0.05) is 42.2 Å². The summed E-state index contributed by atoms with van der Waals surface area (Å²) in [5, 5.41) is 3.24. The molecule has 0 heterocycles. The lowest BCUT2D eigenvalue weighted by Gasteiger charge is -2.22. The summed E-state index contributed by atoms with van der Waals surface area (Å²) >= 11 is 0. The molecule has 2 aliphatic carbocycles. The third-order valence-electron chi connectivity index (χ3n) is 7.64. The van der Waals surface area contributed by atoms with E-state index in [9.17, 15) is 14.4 Å². The molecule has 7 nitrogen and oxygen atoms in total. The first-order valence-electron chi connectivity index (χ1n) is 14.6. The first kappa shape index (κ1) is 28.4. The zero-order valence-corrected chi connectivity index (χ0v) is 23.6. The Balaban J connectivity index is 1.16. The molecule has 0 unspecified atom stereocenters. The van der Waals surface area contributed by atoms with Crippen molar-refractivity contribution in [1.29, 1.82) is 0 Å². The summed E-state index contributed by atoms with van der Waals surface area (Å²) in [6, 6.07) is 23.2. The van der Waals surface area contributed by atoms with Crippen LogP contribution in [-0.2, 0) is 20.7 Å². The minimum atomic E-state index is -0.682. The van der Waals surface area contributed by atoms with E-state index in [0.29, 0.717) is 41.7 Å². The molecule has 1 N–H and O–H groups in total. The Bertz CT molecular complexity index is 1330. The molecule has 0 radical (unpaired) electrons. The van der Waals surface area contributed by atoms with Crippen LogP contribution in [0, 0.1) is 11.8 Å². The van der Waals surface area contributed by atoms with Crippen molar-refractivity contribution in [3.8, 4) is 5.75 Å². The highest BCUT2D eigenvalue weighted by Crippen LogP contribution is 2.34. The number of hydrogen-bond acceptors (Lipinski definition) is 6. The zero-order chi connectivity index (χ0) is 28.6. The van der Waals surface area contributed by atoms with Crippen LogP contribution in [0.2, 0.25) is 0 Å². The monoisotopic (exact) mass is 554 g/mol. The van der Waals surface area contributed by atoms with Crippen molar-refractivity contribution in [2.24, 2.45) is 11.8 Å². The SMILES string of the molecule is COC(=O)[C@H](Cc1ccc(OCCCN(CC2CC2)C(=O)C2CC2)cc1)Nc1ccccc1C(=O)c1ccccc1. The number of hydrogen-bond donors (Lipinski definition) is 1. The van der Waals surface area contributed by atoms with E-state index < -0.39 is 12.0 Å². The van der Waals surface area contributed by atoms with Crippen LogP contribution in [0.15, 0.2) is 78.9 Å². The smallest absolute Gasteiger partial charge is 0.328 e. The average molecular weight is 555 g/mol. The Morgan fingerprint density at radius 3 is 2.29 bits per heavy atom. The number of carbonyl (C=O) groups is 3. The van der Waals surface area contributed by atoms with E-state index in [2.05, 4.69) is 5.32 Å². The molecule has 41 heavy (non-hydrogen) atoms. The molecular weight excluding hydrogens is 516 g/mol. The van der Waals surface area contributed by atoms with Crippen LogP contribution in [0.4, 0.5) is 5.69 Å². The largest absolute Gasteiger partial charge is 0.494 e. The number of rotatable bonds is 15. The lowest BCUT2D eigenvalue weighted by Crippen LogP contribution is -2.35. The fourth-order valence-corrected chi connectivity index (χ4v) is 4.97. The fraction of sp³-hybridized carbons (Fsp3) is 0.382. The molecule has 0 spiro atoms. The van der Waals surface area contributed by atoms with Crippen molar-refractivity contribution in [2.75, 3.05) is 32.1 Å². The summed E-state index contributed by atoms with van der Waals surface area (Å²) in [6.45, 7) is 2.17. The third kappa shape index (κ3) is 7.97. The molecule has 2 fully saturated rings. The maximum Gasteiger partial charge on any atom is 0.328 e. The molecule has 1 atom stereocenters. The quantitative estimate of drug-likeness (QED) is 0.151. The van der Waals surface area contributed by atoms with Crippen LogP contribution in [-0.4, -0.2) is 55.4 Å². The van der Waals surface area contributed by atoms with Crippen LogP contribution < -0.4 is 10.1 Å². The van der Waals surface area contributed by atoms with E-state index in [-0.39, 0.29) is 11.7 Å². The van der Waals surface area contributed by atoms with E-state index in [1.807, 2.05) is 59.5 Å². The highest BCUT2D eigenvalue weighted by Gasteiger charge is 2.35. The second-order valence-corrected chi connectivity index (χ2v) is 11.0. The Morgan fingerprint density at radius 2 is 1.61 bits per heavy atom. The standard InChI is InChI=1S/C34H38N2O5/c1-40-34(39)31(35-30-11-6-5-10-29(30)32(37)26-8-3-2-4-9-26)22-24-14-18-28(19-15-24)41-21-7-20-36(23-25-12-13-25)33(38)27-16-17-27/h2-6,8-11,14-15,18-19,25,27,31,35H,7,12-13,16-17,20-23H2,1H3/t31-/m0/s1. The van der Waals surface area contributed by atoms with Crippen molar-refractivity contribution < 1.29 is 23.9 Å². The Morgan fingerprint density at radius 1 is 0.902 bits per heavy atom. The minimum Gasteiger partial charge on any atom is -0.494 e. The number of carbonyl (C=O) groups excluding carboxylic acids is 3. The number of ketones is 1. The molecule has 2 aliphatic rings. The lowest BCUT2D eigenvalue weighted by atomic mass is 10.00. The maximum atomic E-state index is 13.2. The van der Waals surface area contributed by atoms with Crippen molar-refractivity contribution in [3.05, 3.63) is 95.6 Å². The van der Waals surface area contributed by atoms with E-state index in [1.54, 1.807) is 24.3 Å². The number of esters is 1. The normalized spacial score (nSPS) is 15.0. The Labute approximate surface area is 241 Å².